The van der Waals surface area contributed by atoms with Gasteiger partial charge in [-0.15, -0.1) is 10.2 Å². The first kappa shape index (κ1) is 16.8. The molecule has 0 spiro atoms. The van der Waals surface area contributed by atoms with Gasteiger partial charge in [0.05, 0.1) is 13.0 Å². The van der Waals surface area contributed by atoms with Crippen LogP contribution in [0.3, 0.4) is 0 Å². The Bertz CT molecular complexity index is 709. The van der Waals surface area contributed by atoms with Gasteiger partial charge in [0.2, 0.25) is 11.8 Å². The molecule has 0 unspecified atom stereocenters. The van der Waals surface area contributed by atoms with Crippen LogP contribution in [-0.4, -0.2) is 34.0 Å². The van der Waals surface area contributed by atoms with E-state index < -0.39 is 0 Å². The summed E-state index contributed by atoms with van der Waals surface area (Å²) in [5, 5.41) is 12.3. The lowest BCUT2D eigenvalue weighted by atomic mass is 10.1. The highest BCUT2D eigenvalue weighted by Crippen LogP contribution is 2.13. The third-order valence-corrected chi connectivity index (χ3v) is 3.95. The molecule has 6 nitrogen and oxygen atoms in total. The minimum absolute atomic E-state index is 0.000676. The molecule has 0 saturated heterocycles. The molecule has 1 aromatic carbocycles. The minimum atomic E-state index is -0.263. The molecule has 2 amide bonds. The first-order chi connectivity index (χ1) is 11.0. The van der Waals surface area contributed by atoms with Gasteiger partial charge in [-0.05, 0) is 30.7 Å². The molecule has 0 aliphatic carbocycles. The first-order valence-electron chi connectivity index (χ1n) is 7.03. The van der Waals surface area contributed by atoms with Crippen LogP contribution in [0.5, 0.6) is 0 Å². The number of carbonyl (C=O) groups is 2. The van der Waals surface area contributed by atoms with Crippen molar-refractivity contribution in [2.24, 2.45) is 0 Å². The molecule has 1 N–H and O–H groups in total. The minimum Gasteiger partial charge on any atom is -0.339 e. The number of nitrogens with one attached hydrogen (secondary N) is 1. The van der Waals surface area contributed by atoms with E-state index in [2.05, 4.69) is 22.1 Å². The van der Waals surface area contributed by atoms with E-state index >= 15 is 0 Å². The molecule has 23 heavy (non-hydrogen) atoms. The molecule has 7 heteroatoms. The van der Waals surface area contributed by atoms with Gasteiger partial charge in [0, 0.05) is 12.7 Å². The molecule has 0 aliphatic rings. The SMILES string of the molecule is C=CC(=O)Nc1ccc(CC(=O)N(C)Cc2nnc(C)s2)cc1. The zero-order valence-electron chi connectivity index (χ0n) is 13.1. The average molecular weight is 330 g/mol. The Morgan fingerprint density at radius 1 is 1.30 bits per heavy atom. The van der Waals surface area contributed by atoms with Crippen LogP contribution < -0.4 is 5.32 Å². The number of hydrogen-bond donors (Lipinski definition) is 1. The summed E-state index contributed by atoms with van der Waals surface area (Å²) in [7, 11) is 1.75. The number of anilines is 1. The lowest BCUT2D eigenvalue weighted by Crippen LogP contribution is -2.27. The van der Waals surface area contributed by atoms with Crippen LogP contribution >= 0.6 is 11.3 Å². The number of rotatable bonds is 6. The van der Waals surface area contributed by atoms with Crippen molar-refractivity contribution >= 4 is 28.8 Å². The van der Waals surface area contributed by atoms with Crippen LogP contribution in [0.4, 0.5) is 5.69 Å². The van der Waals surface area contributed by atoms with Gasteiger partial charge >= 0.3 is 0 Å². The Balaban J connectivity index is 1.91. The van der Waals surface area contributed by atoms with Crippen molar-refractivity contribution in [3.05, 3.63) is 52.5 Å². The fourth-order valence-corrected chi connectivity index (χ4v) is 2.66. The van der Waals surface area contributed by atoms with Gasteiger partial charge in [-0.3, -0.25) is 9.59 Å². The highest BCUT2D eigenvalue weighted by molar-refractivity contribution is 7.11. The fourth-order valence-electron chi connectivity index (χ4n) is 1.90. The second-order valence-electron chi connectivity index (χ2n) is 5.03. The summed E-state index contributed by atoms with van der Waals surface area (Å²) in [4.78, 5) is 25.1. The predicted octanol–water partition coefficient (Wildman–Crippen LogP) is 2.17. The van der Waals surface area contributed by atoms with Crippen LogP contribution in [0.25, 0.3) is 0 Å². The van der Waals surface area contributed by atoms with Crippen LogP contribution in [-0.2, 0) is 22.6 Å². The van der Waals surface area contributed by atoms with Crippen LogP contribution in [0.2, 0.25) is 0 Å². The third kappa shape index (κ3) is 5.00. The summed E-state index contributed by atoms with van der Waals surface area (Å²) < 4.78 is 0. The van der Waals surface area contributed by atoms with E-state index in [0.717, 1.165) is 15.6 Å². The van der Waals surface area contributed by atoms with Gasteiger partial charge in [-0.25, -0.2) is 0 Å². The van der Waals surface area contributed by atoms with Crippen LogP contribution in [0.15, 0.2) is 36.9 Å². The zero-order valence-corrected chi connectivity index (χ0v) is 13.9. The summed E-state index contributed by atoms with van der Waals surface area (Å²) in [5.41, 5.74) is 1.55. The number of likely N-dealkylation sites (N-methyl/N-ethyl adjacent to an activating group) is 1. The van der Waals surface area contributed by atoms with E-state index in [9.17, 15) is 9.59 Å². The van der Waals surface area contributed by atoms with E-state index in [1.54, 1.807) is 24.1 Å². The highest BCUT2D eigenvalue weighted by atomic mass is 32.1. The Morgan fingerprint density at radius 3 is 2.57 bits per heavy atom. The Kier molecular flexibility index (Phi) is 5.59. The maximum atomic E-state index is 12.2. The van der Waals surface area contributed by atoms with E-state index in [-0.39, 0.29) is 11.8 Å². The summed E-state index contributed by atoms with van der Waals surface area (Å²) in [6, 6.07) is 7.16. The fraction of sp³-hybridized carbons (Fsp3) is 0.250. The molecule has 0 aliphatic heterocycles. The molecule has 0 fully saturated rings. The summed E-state index contributed by atoms with van der Waals surface area (Å²) in [6.45, 7) is 5.74. The Hall–Kier alpha value is -2.54. The maximum absolute atomic E-state index is 12.2. The molecule has 1 heterocycles. The zero-order chi connectivity index (χ0) is 16.8. The molecular formula is C16H18N4O2S. The quantitative estimate of drug-likeness (QED) is 0.824. The van der Waals surface area contributed by atoms with Crippen LogP contribution in [0, 0.1) is 6.92 Å². The molecule has 2 aromatic rings. The molecule has 120 valence electrons. The van der Waals surface area contributed by atoms with Crippen molar-refractivity contribution in [2.45, 2.75) is 19.9 Å². The number of carbonyl (C=O) groups excluding carboxylic acids is 2. The van der Waals surface area contributed by atoms with Gasteiger partial charge in [0.15, 0.2) is 0 Å². The number of aryl methyl sites for hydroxylation is 1. The second-order valence-corrected chi connectivity index (χ2v) is 6.30. The van der Waals surface area contributed by atoms with Crippen molar-refractivity contribution in [3.8, 4) is 0 Å². The standard InChI is InChI=1S/C16H18N4O2S/c1-4-14(21)17-13-7-5-12(6-8-13)9-16(22)20(3)10-15-19-18-11(2)23-15/h4-8H,1,9-10H2,2-3H3,(H,17,21). The van der Waals surface area contributed by atoms with E-state index in [1.807, 2.05) is 19.1 Å². The van der Waals surface area contributed by atoms with E-state index in [4.69, 9.17) is 0 Å². The van der Waals surface area contributed by atoms with Crippen molar-refractivity contribution in [2.75, 3.05) is 12.4 Å². The monoisotopic (exact) mass is 330 g/mol. The molecular weight excluding hydrogens is 312 g/mol. The van der Waals surface area contributed by atoms with Crippen molar-refractivity contribution in [1.82, 2.24) is 15.1 Å². The number of nitrogens with zero attached hydrogens (tertiary/aromatic N) is 3. The number of hydrogen-bond acceptors (Lipinski definition) is 5. The normalized spacial score (nSPS) is 10.2. The van der Waals surface area contributed by atoms with Crippen molar-refractivity contribution < 1.29 is 9.59 Å². The summed E-state index contributed by atoms with van der Waals surface area (Å²) in [6.07, 6.45) is 1.51. The molecule has 2 rings (SSSR count). The number of aromatic nitrogens is 2. The second kappa shape index (κ2) is 7.64. The van der Waals surface area contributed by atoms with E-state index in [1.165, 1.54) is 17.4 Å². The van der Waals surface area contributed by atoms with Crippen molar-refractivity contribution in [3.63, 3.8) is 0 Å². The summed E-state index contributed by atoms with van der Waals surface area (Å²) in [5.74, 6) is -0.262. The molecule has 0 radical (unpaired) electrons. The van der Waals surface area contributed by atoms with Crippen LogP contribution in [0.1, 0.15) is 15.6 Å². The van der Waals surface area contributed by atoms with Gasteiger partial charge in [0.25, 0.3) is 0 Å². The highest BCUT2D eigenvalue weighted by Gasteiger charge is 2.12. The average Bonchev–Trinajstić information content (AvgIpc) is 2.94. The van der Waals surface area contributed by atoms with E-state index in [0.29, 0.717) is 18.7 Å². The Morgan fingerprint density at radius 2 is 2.00 bits per heavy atom. The number of benzene rings is 1. The topological polar surface area (TPSA) is 75.2 Å². The smallest absolute Gasteiger partial charge is 0.247 e. The molecule has 0 saturated carbocycles. The third-order valence-electron chi connectivity index (χ3n) is 3.13. The van der Waals surface area contributed by atoms with Gasteiger partial charge < -0.3 is 10.2 Å². The van der Waals surface area contributed by atoms with Gasteiger partial charge in [-0.1, -0.05) is 30.0 Å². The van der Waals surface area contributed by atoms with Gasteiger partial charge in [0.1, 0.15) is 10.0 Å². The van der Waals surface area contributed by atoms with Gasteiger partial charge in [-0.2, -0.15) is 0 Å². The molecule has 1 aromatic heterocycles. The molecule has 0 atom stereocenters. The number of amides is 2. The van der Waals surface area contributed by atoms with Crippen molar-refractivity contribution in [1.29, 1.82) is 0 Å². The predicted molar refractivity (Wildman–Crippen MR) is 90.1 cm³/mol. The Labute approximate surface area is 138 Å². The molecule has 0 bridgehead atoms. The lowest BCUT2D eigenvalue weighted by molar-refractivity contribution is -0.129. The first-order valence-corrected chi connectivity index (χ1v) is 7.85. The summed E-state index contributed by atoms with van der Waals surface area (Å²) >= 11 is 1.49. The maximum Gasteiger partial charge on any atom is 0.247 e. The lowest BCUT2D eigenvalue weighted by Gasteiger charge is -2.15. The largest absolute Gasteiger partial charge is 0.339 e.